The Morgan fingerprint density at radius 3 is 2.11 bits per heavy atom. The fourth-order valence-corrected chi connectivity index (χ4v) is 9.67. The van der Waals surface area contributed by atoms with E-state index < -0.39 is 34.3 Å². The third-order valence-electron chi connectivity index (χ3n) is 12.5. The summed E-state index contributed by atoms with van der Waals surface area (Å²) < 4.78 is 41.1. The molecular formula is C42H45ClF3N7O3. The molecule has 0 spiro atoms. The quantitative estimate of drug-likeness (QED) is 0.274. The fourth-order valence-electron chi connectivity index (χ4n) is 9.28. The first-order valence-corrected chi connectivity index (χ1v) is 20.0. The van der Waals surface area contributed by atoms with Crippen LogP contribution in [-0.4, -0.2) is 92.5 Å². The van der Waals surface area contributed by atoms with Gasteiger partial charge in [-0.1, -0.05) is 23.7 Å². The van der Waals surface area contributed by atoms with Crippen molar-refractivity contribution < 1.29 is 27.6 Å². The fraction of sp³-hybridized carbons (Fsp3) is 0.476. The zero-order valence-electron chi connectivity index (χ0n) is 31.2. The summed E-state index contributed by atoms with van der Waals surface area (Å²) in [7, 11) is 0. The number of imide groups is 1. The number of hydrogen-bond acceptors (Lipinski definition) is 8. The van der Waals surface area contributed by atoms with Crippen LogP contribution in [0.1, 0.15) is 77.1 Å². The van der Waals surface area contributed by atoms with Gasteiger partial charge >= 0.3 is 6.18 Å². The molecule has 0 radical (unpaired) electrons. The highest BCUT2D eigenvalue weighted by Crippen LogP contribution is 2.43. The van der Waals surface area contributed by atoms with Crippen LogP contribution < -0.4 is 20.0 Å². The van der Waals surface area contributed by atoms with E-state index in [0.717, 1.165) is 82.7 Å². The monoisotopic (exact) mass is 787 g/mol. The van der Waals surface area contributed by atoms with Gasteiger partial charge in [0.15, 0.2) is 0 Å². The first-order chi connectivity index (χ1) is 27.0. The Bertz CT molecular complexity index is 2030. The van der Waals surface area contributed by atoms with Gasteiger partial charge in [-0.15, -0.1) is 0 Å². The van der Waals surface area contributed by atoms with Crippen molar-refractivity contribution in [2.24, 2.45) is 5.92 Å². The predicted molar refractivity (Wildman–Crippen MR) is 208 cm³/mol. The van der Waals surface area contributed by atoms with Crippen LogP contribution in [-0.2, 0) is 22.3 Å². The lowest BCUT2D eigenvalue weighted by atomic mass is 9.88. The molecule has 0 aromatic heterocycles. The minimum Gasteiger partial charge on any atom is -0.372 e. The smallest absolute Gasteiger partial charge is 0.372 e. The molecule has 1 unspecified atom stereocenters. The van der Waals surface area contributed by atoms with Gasteiger partial charge in [0.1, 0.15) is 6.04 Å². The number of nitrogens with one attached hydrogen (secondary N) is 1. The molecule has 0 bridgehead atoms. The molecule has 56 heavy (non-hydrogen) atoms. The molecule has 1 N–H and O–H groups in total. The van der Waals surface area contributed by atoms with E-state index in [9.17, 15) is 32.8 Å². The number of nitrogens with zero attached hydrogens (tertiary/aromatic N) is 6. The number of piperidine rings is 3. The van der Waals surface area contributed by atoms with E-state index in [4.69, 9.17) is 11.6 Å². The number of carbonyl (C=O) groups excluding carboxylic acids is 3. The molecule has 0 saturated carbocycles. The number of halogens is 4. The van der Waals surface area contributed by atoms with E-state index in [-0.39, 0.29) is 18.2 Å². The van der Waals surface area contributed by atoms with Gasteiger partial charge < -0.3 is 19.6 Å². The van der Waals surface area contributed by atoms with Gasteiger partial charge in [0, 0.05) is 88.8 Å². The molecule has 4 fully saturated rings. The highest BCUT2D eigenvalue weighted by atomic mass is 35.5. The number of carbonyl (C=O) groups is 3. The number of fused-ring (bicyclic) bond motifs is 1. The Labute approximate surface area is 329 Å². The molecule has 3 aromatic rings. The van der Waals surface area contributed by atoms with Crippen molar-refractivity contribution in [3.8, 4) is 6.07 Å². The minimum absolute atomic E-state index is 0.146. The molecule has 1 atom stereocenters. The van der Waals surface area contributed by atoms with Gasteiger partial charge in [0.2, 0.25) is 11.8 Å². The summed E-state index contributed by atoms with van der Waals surface area (Å²) in [6, 6.07) is 18.5. The molecular weight excluding hydrogens is 743 g/mol. The highest BCUT2D eigenvalue weighted by Gasteiger charge is 2.40. The average Bonchev–Trinajstić information content (AvgIpc) is 3.52. The minimum atomic E-state index is -4.70. The van der Waals surface area contributed by atoms with Crippen LogP contribution >= 0.6 is 11.6 Å². The third kappa shape index (κ3) is 7.65. The lowest BCUT2D eigenvalue weighted by Gasteiger charge is -2.40. The summed E-state index contributed by atoms with van der Waals surface area (Å²) in [6.07, 6.45) is -0.222. The Morgan fingerprint density at radius 2 is 1.45 bits per heavy atom. The molecule has 3 aromatic carbocycles. The second kappa shape index (κ2) is 15.6. The molecule has 4 saturated heterocycles. The Kier molecular flexibility index (Phi) is 10.6. The maximum absolute atomic E-state index is 13.7. The molecule has 14 heteroatoms. The number of benzene rings is 3. The van der Waals surface area contributed by atoms with E-state index in [1.165, 1.54) is 23.4 Å². The van der Waals surface area contributed by atoms with E-state index in [2.05, 4.69) is 50.3 Å². The third-order valence-corrected chi connectivity index (χ3v) is 12.8. The van der Waals surface area contributed by atoms with Crippen molar-refractivity contribution in [2.45, 2.75) is 63.2 Å². The van der Waals surface area contributed by atoms with Gasteiger partial charge in [-0.3, -0.25) is 24.6 Å². The number of hydrogen-bond donors (Lipinski definition) is 1. The summed E-state index contributed by atoms with van der Waals surface area (Å²) in [6.45, 7) is 8.45. The Balaban J connectivity index is 0.780. The van der Waals surface area contributed by atoms with Crippen LogP contribution in [0.5, 0.6) is 0 Å². The number of nitriles is 1. The van der Waals surface area contributed by atoms with Gasteiger partial charge in [0.25, 0.3) is 5.91 Å². The molecule has 5 aliphatic rings. The van der Waals surface area contributed by atoms with E-state index in [0.29, 0.717) is 49.1 Å². The first kappa shape index (κ1) is 38.1. The zero-order valence-corrected chi connectivity index (χ0v) is 31.9. The Morgan fingerprint density at radius 1 is 0.786 bits per heavy atom. The van der Waals surface area contributed by atoms with Gasteiger partial charge in [-0.2, -0.15) is 18.4 Å². The second-order valence-electron chi connectivity index (χ2n) is 15.7. The van der Waals surface area contributed by atoms with Crippen LogP contribution in [0.2, 0.25) is 5.02 Å². The molecule has 5 heterocycles. The molecule has 0 aliphatic carbocycles. The number of anilines is 3. The second-order valence-corrected chi connectivity index (χ2v) is 16.1. The normalized spacial score (nSPS) is 21.7. The topological polar surface area (TPSA) is 103 Å². The van der Waals surface area contributed by atoms with Crippen molar-refractivity contribution in [3.63, 3.8) is 0 Å². The van der Waals surface area contributed by atoms with Crippen molar-refractivity contribution in [1.82, 2.24) is 15.1 Å². The number of rotatable bonds is 7. The molecule has 10 nitrogen and oxygen atoms in total. The van der Waals surface area contributed by atoms with Crippen molar-refractivity contribution in [3.05, 3.63) is 87.4 Å². The van der Waals surface area contributed by atoms with Gasteiger partial charge in [-0.05, 0) is 97.5 Å². The van der Waals surface area contributed by atoms with Crippen LogP contribution in [0.15, 0.2) is 54.6 Å². The lowest BCUT2D eigenvalue weighted by molar-refractivity contribution is -0.138. The Hall–Kier alpha value is -4.80. The van der Waals surface area contributed by atoms with Crippen LogP contribution in [0, 0.1) is 17.2 Å². The first-order valence-electron chi connectivity index (χ1n) is 19.6. The average molecular weight is 788 g/mol. The van der Waals surface area contributed by atoms with E-state index in [1.54, 1.807) is 11.0 Å². The summed E-state index contributed by atoms with van der Waals surface area (Å²) >= 11 is 6.24. The molecule has 294 valence electrons. The zero-order chi connectivity index (χ0) is 39.1. The molecule has 3 amide bonds. The number of piperazine rings is 1. The lowest BCUT2D eigenvalue weighted by Crippen LogP contribution is -2.52. The summed E-state index contributed by atoms with van der Waals surface area (Å²) in [5.41, 5.74) is 3.94. The van der Waals surface area contributed by atoms with E-state index in [1.807, 2.05) is 17.0 Å². The molecule has 5 aliphatic heterocycles. The maximum Gasteiger partial charge on any atom is 0.419 e. The van der Waals surface area contributed by atoms with Gasteiger partial charge in [0.05, 0.1) is 27.9 Å². The standard InChI is InChI=1S/C42H45ClF3N7O3/c43-39-35(8-3-30(24-47)38(39)42(44,45)46)52-17-13-29(14-18-52)28-1-4-32(5-2-28)50-15-11-27(12-16-50)25-49-19-21-51(22-20-49)33-6-7-34-31(23-33)26-53(41(34)56)36-9-10-37(54)48-40(36)55/h1-8,23,27,29,36H,9-22,25-26H2,(H,48,54,55). The number of amides is 3. The molecule has 8 rings (SSSR count). The van der Waals surface area contributed by atoms with E-state index >= 15 is 0 Å². The maximum atomic E-state index is 13.7. The number of alkyl halides is 3. The highest BCUT2D eigenvalue weighted by molar-refractivity contribution is 6.34. The van der Waals surface area contributed by atoms with Crippen molar-refractivity contribution in [2.75, 3.05) is 73.6 Å². The van der Waals surface area contributed by atoms with Gasteiger partial charge in [-0.25, -0.2) is 0 Å². The van der Waals surface area contributed by atoms with Crippen LogP contribution in [0.25, 0.3) is 0 Å². The summed E-state index contributed by atoms with van der Waals surface area (Å²) in [4.78, 5) is 48.1. The largest absolute Gasteiger partial charge is 0.419 e. The van der Waals surface area contributed by atoms with Crippen LogP contribution in [0.4, 0.5) is 30.2 Å². The SMILES string of the molecule is N#Cc1ccc(N2CCC(c3ccc(N4CCC(CN5CCN(c6ccc7c(c6)CN(C6CCC(=O)NC6=O)C7=O)CC5)CC4)cc3)CC2)c(Cl)c1C(F)(F)F. The predicted octanol–water partition coefficient (Wildman–Crippen LogP) is 6.41. The van der Waals surface area contributed by atoms with Crippen molar-refractivity contribution in [1.29, 1.82) is 5.26 Å². The van der Waals surface area contributed by atoms with Crippen LogP contribution in [0.3, 0.4) is 0 Å². The summed E-state index contributed by atoms with van der Waals surface area (Å²) in [5.74, 6) is 0.131. The summed E-state index contributed by atoms with van der Waals surface area (Å²) in [5, 5.41) is 11.2. The van der Waals surface area contributed by atoms with Crippen molar-refractivity contribution >= 4 is 46.4 Å².